The number of aliphatic hydroxyl groups is 1. The molecule has 0 heterocycles. The highest BCUT2D eigenvalue weighted by Gasteiger charge is 2.17. The molecule has 15 heavy (non-hydrogen) atoms. The van der Waals surface area contributed by atoms with Crippen LogP contribution >= 0.6 is 0 Å². The molecule has 2 heteroatoms. The lowest BCUT2D eigenvalue weighted by atomic mass is 9.98. The molecule has 0 amide bonds. The van der Waals surface area contributed by atoms with Gasteiger partial charge in [-0.25, -0.2) is 0 Å². The lowest BCUT2D eigenvalue weighted by Gasteiger charge is -2.23. The third-order valence-corrected chi connectivity index (χ3v) is 3.02. The highest BCUT2D eigenvalue weighted by Crippen LogP contribution is 2.15. The smallest absolute Gasteiger partial charge is 0.0622 e. The SMILES string of the molecule is CCCCCCOC(CC)C(CC)CO. The van der Waals surface area contributed by atoms with Gasteiger partial charge < -0.3 is 9.84 Å². The fourth-order valence-corrected chi connectivity index (χ4v) is 1.86. The molecule has 0 spiro atoms. The van der Waals surface area contributed by atoms with Crippen molar-refractivity contribution in [3.63, 3.8) is 0 Å². The minimum Gasteiger partial charge on any atom is -0.396 e. The molecule has 0 bridgehead atoms. The first-order valence-corrected chi connectivity index (χ1v) is 6.52. The zero-order valence-corrected chi connectivity index (χ0v) is 10.7. The van der Waals surface area contributed by atoms with Crippen LogP contribution in [-0.4, -0.2) is 24.4 Å². The van der Waals surface area contributed by atoms with E-state index in [9.17, 15) is 5.11 Å². The minimum atomic E-state index is 0.252. The van der Waals surface area contributed by atoms with Crippen molar-refractivity contribution in [2.45, 2.75) is 65.4 Å². The number of hydrogen-bond acceptors (Lipinski definition) is 2. The van der Waals surface area contributed by atoms with Crippen molar-refractivity contribution in [3.8, 4) is 0 Å². The minimum absolute atomic E-state index is 0.252. The zero-order valence-electron chi connectivity index (χ0n) is 10.7. The van der Waals surface area contributed by atoms with E-state index in [0.717, 1.165) is 25.9 Å². The van der Waals surface area contributed by atoms with Gasteiger partial charge in [0.15, 0.2) is 0 Å². The van der Waals surface area contributed by atoms with Crippen molar-refractivity contribution in [2.75, 3.05) is 13.2 Å². The molecule has 0 aromatic carbocycles. The summed E-state index contributed by atoms with van der Waals surface area (Å²) in [4.78, 5) is 0. The maximum Gasteiger partial charge on any atom is 0.0622 e. The second-order valence-corrected chi connectivity index (χ2v) is 4.23. The van der Waals surface area contributed by atoms with Crippen molar-refractivity contribution in [1.82, 2.24) is 0 Å². The summed E-state index contributed by atoms with van der Waals surface area (Å²) in [7, 11) is 0. The van der Waals surface area contributed by atoms with Crippen LogP contribution in [0.15, 0.2) is 0 Å². The third-order valence-electron chi connectivity index (χ3n) is 3.02. The molecule has 0 rings (SSSR count). The Labute approximate surface area is 95.0 Å². The second kappa shape index (κ2) is 10.4. The van der Waals surface area contributed by atoms with Crippen LogP contribution in [0.1, 0.15) is 59.3 Å². The van der Waals surface area contributed by atoms with Crippen LogP contribution in [0.4, 0.5) is 0 Å². The molecule has 0 aliphatic heterocycles. The maximum absolute atomic E-state index is 9.19. The molecule has 2 atom stereocenters. The van der Waals surface area contributed by atoms with Crippen molar-refractivity contribution in [3.05, 3.63) is 0 Å². The number of aliphatic hydroxyl groups excluding tert-OH is 1. The van der Waals surface area contributed by atoms with Crippen LogP contribution in [0, 0.1) is 5.92 Å². The standard InChI is InChI=1S/C13H28O2/c1-4-7-8-9-10-15-13(6-3)12(5-2)11-14/h12-14H,4-11H2,1-3H3. The van der Waals surface area contributed by atoms with E-state index in [1.165, 1.54) is 19.3 Å². The Morgan fingerprint density at radius 1 is 1.00 bits per heavy atom. The fourth-order valence-electron chi connectivity index (χ4n) is 1.86. The summed E-state index contributed by atoms with van der Waals surface area (Å²) in [5.74, 6) is 0.321. The summed E-state index contributed by atoms with van der Waals surface area (Å²) in [6.45, 7) is 7.58. The van der Waals surface area contributed by atoms with Crippen LogP contribution < -0.4 is 0 Å². The molecular weight excluding hydrogens is 188 g/mol. The molecule has 2 unspecified atom stereocenters. The molecule has 0 saturated carbocycles. The fraction of sp³-hybridized carbons (Fsp3) is 1.00. The van der Waals surface area contributed by atoms with Gasteiger partial charge in [0.1, 0.15) is 0 Å². The molecule has 0 aromatic rings. The van der Waals surface area contributed by atoms with Crippen molar-refractivity contribution < 1.29 is 9.84 Å². The first kappa shape index (κ1) is 14.9. The van der Waals surface area contributed by atoms with Crippen molar-refractivity contribution in [2.24, 2.45) is 5.92 Å². The van der Waals surface area contributed by atoms with E-state index < -0.39 is 0 Å². The Hall–Kier alpha value is -0.0800. The lowest BCUT2D eigenvalue weighted by molar-refractivity contribution is -0.0112. The Kier molecular flexibility index (Phi) is 10.4. The van der Waals surface area contributed by atoms with Gasteiger partial charge in [0.05, 0.1) is 6.10 Å². The zero-order chi connectivity index (χ0) is 11.5. The predicted molar refractivity (Wildman–Crippen MR) is 65.0 cm³/mol. The van der Waals surface area contributed by atoms with Crippen LogP contribution in [0.2, 0.25) is 0 Å². The Balaban J connectivity index is 3.60. The Morgan fingerprint density at radius 3 is 2.20 bits per heavy atom. The molecule has 0 aliphatic rings. The monoisotopic (exact) mass is 216 g/mol. The molecule has 0 saturated heterocycles. The van der Waals surface area contributed by atoms with Gasteiger partial charge in [-0.2, -0.15) is 0 Å². The second-order valence-electron chi connectivity index (χ2n) is 4.23. The summed E-state index contributed by atoms with van der Waals surface area (Å²) < 4.78 is 5.82. The lowest BCUT2D eigenvalue weighted by Crippen LogP contribution is -2.26. The molecule has 92 valence electrons. The molecular formula is C13H28O2. The molecule has 0 radical (unpaired) electrons. The third kappa shape index (κ3) is 6.91. The topological polar surface area (TPSA) is 29.5 Å². The largest absolute Gasteiger partial charge is 0.396 e. The van der Waals surface area contributed by atoms with E-state index in [4.69, 9.17) is 4.74 Å². The van der Waals surface area contributed by atoms with Crippen molar-refractivity contribution in [1.29, 1.82) is 0 Å². The van der Waals surface area contributed by atoms with Gasteiger partial charge in [-0.15, -0.1) is 0 Å². The average Bonchev–Trinajstić information content (AvgIpc) is 2.27. The number of hydrogen-bond donors (Lipinski definition) is 1. The van der Waals surface area contributed by atoms with Crippen LogP contribution in [0.25, 0.3) is 0 Å². The van der Waals surface area contributed by atoms with E-state index in [2.05, 4.69) is 20.8 Å². The van der Waals surface area contributed by atoms with Gasteiger partial charge in [-0.3, -0.25) is 0 Å². The summed E-state index contributed by atoms with van der Waals surface area (Å²) >= 11 is 0. The van der Waals surface area contributed by atoms with E-state index in [1.54, 1.807) is 0 Å². The van der Waals surface area contributed by atoms with Gasteiger partial charge in [-0.1, -0.05) is 40.0 Å². The molecule has 2 nitrogen and oxygen atoms in total. The predicted octanol–water partition coefficient (Wildman–Crippen LogP) is 3.38. The van der Waals surface area contributed by atoms with Crippen molar-refractivity contribution >= 4 is 0 Å². The number of ether oxygens (including phenoxy) is 1. The maximum atomic E-state index is 9.19. The Morgan fingerprint density at radius 2 is 1.73 bits per heavy atom. The highest BCUT2D eigenvalue weighted by molar-refractivity contribution is 4.66. The van der Waals surface area contributed by atoms with E-state index >= 15 is 0 Å². The van der Waals surface area contributed by atoms with Crippen LogP contribution in [0.3, 0.4) is 0 Å². The summed E-state index contributed by atoms with van der Waals surface area (Å²) in [6, 6.07) is 0. The summed E-state index contributed by atoms with van der Waals surface area (Å²) in [6.07, 6.45) is 7.26. The molecule has 0 fully saturated rings. The van der Waals surface area contributed by atoms with Gasteiger partial charge in [0.2, 0.25) is 0 Å². The van der Waals surface area contributed by atoms with Crippen LogP contribution in [0.5, 0.6) is 0 Å². The van der Waals surface area contributed by atoms with E-state index in [-0.39, 0.29) is 12.7 Å². The van der Waals surface area contributed by atoms with E-state index in [0.29, 0.717) is 5.92 Å². The molecule has 1 N–H and O–H groups in total. The summed E-state index contributed by atoms with van der Waals surface area (Å²) in [5, 5.41) is 9.19. The summed E-state index contributed by atoms with van der Waals surface area (Å²) in [5.41, 5.74) is 0. The van der Waals surface area contributed by atoms with Gasteiger partial charge >= 0.3 is 0 Å². The normalized spacial score (nSPS) is 15.2. The molecule has 0 aromatic heterocycles. The average molecular weight is 216 g/mol. The van der Waals surface area contributed by atoms with Gasteiger partial charge in [-0.05, 0) is 19.3 Å². The number of rotatable bonds is 10. The molecule has 0 aliphatic carbocycles. The Bertz CT molecular complexity index is 122. The first-order chi connectivity index (χ1) is 7.29. The van der Waals surface area contributed by atoms with Gasteiger partial charge in [0, 0.05) is 19.1 Å². The first-order valence-electron chi connectivity index (χ1n) is 6.52. The quantitative estimate of drug-likeness (QED) is 0.567. The van der Waals surface area contributed by atoms with Gasteiger partial charge in [0.25, 0.3) is 0 Å². The highest BCUT2D eigenvalue weighted by atomic mass is 16.5. The number of unbranched alkanes of at least 4 members (excludes halogenated alkanes) is 3. The van der Waals surface area contributed by atoms with Crippen LogP contribution in [-0.2, 0) is 4.74 Å². The van der Waals surface area contributed by atoms with E-state index in [1.807, 2.05) is 0 Å².